The Morgan fingerprint density at radius 2 is 1.77 bits per heavy atom. The molecule has 0 saturated carbocycles. The number of carbonyl (C=O) groups excluding carboxylic acids is 2. The fourth-order valence-electron chi connectivity index (χ4n) is 4.48. The van der Waals surface area contributed by atoms with E-state index in [-0.39, 0.29) is 11.9 Å². The van der Waals surface area contributed by atoms with Gasteiger partial charge in [0.2, 0.25) is 0 Å². The zero-order chi connectivity index (χ0) is 27.5. The molecular formula is C30H28N4O3S2. The first-order chi connectivity index (χ1) is 18.9. The number of hydrogen-bond acceptors (Lipinski definition) is 8. The molecule has 0 aliphatic carbocycles. The third kappa shape index (κ3) is 5.60. The minimum absolute atomic E-state index is 0.0659. The zero-order valence-electron chi connectivity index (χ0n) is 21.9. The second-order valence-electron chi connectivity index (χ2n) is 9.27. The molecule has 1 fully saturated rings. The summed E-state index contributed by atoms with van der Waals surface area (Å²) in [4.78, 5) is 29.6. The highest BCUT2D eigenvalue weighted by Crippen LogP contribution is 2.39. The van der Waals surface area contributed by atoms with Crippen LogP contribution in [0.5, 0.6) is 0 Å². The maximum Gasteiger partial charge on any atom is 0.338 e. The van der Waals surface area contributed by atoms with Gasteiger partial charge in [-0.3, -0.25) is 14.7 Å². The molecule has 1 amide bonds. The molecule has 3 aromatic carbocycles. The molecule has 198 valence electrons. The van der Waals surface area contributed by atoms with Crippen LogP contribution in [0.2, 0.25) is 0 Å². The van der Waals surface area contributed by atoms with Gasteiger partial charge in [0.05, 0.1) is 34.5 Å². The molecule has 7 nitrogen and oxygen atoms in total. The molecule has 3 aromatic rings. The highest BCUT2D eigenvalue weighted by Gasteiger charge is 2.36. The van der Waals surface area contributed by atoms with Crippen LogP contribution in [0.15, 0.2) is 95.1 Å². The third-order valence-corrected chi connectivity index (χ3v) is 7.81. The van der Waals surface area contributed by atoms with Crippen LogP contribution >= 0.6 is 24.0 Å². The van der Waals surface area contributed by atoms with Crippen molar-refractivity contribution in [2.24, 2.45) is 5.10 Å². The lowest BCUT2D eigenvalue weighted by atomic mass is 9.98. The lowest BCUT2D eigenvalue weighted by molar-refractivity contribution is -0.113. The molecule has 0 N–H and O–H groups in total. The molecule has 2 aliphatic heterocycles. The number of hydrazone groups is 1. The standard InChI is InChI=1S/C30H28N4O3S2/c1-4-37-29(36)22-12-16-24(17-13-22)34-28(35)27(39-30(34)38)19-33-26(21-10-14-23(15-11-21)32(2)3)18-25(31-33)20-8-6-5-7-9-20/h5-17,19,26H,4,18H2,1-3H3/b27-19-. The van der Waals surface area contributed by atoms with E-state index in [1.54, 1.807) is 37.4 Å². The third-order valence-electron chi connectivity index (χ3n) is 6.52. The monoisotopic (exact) mass is 556 g/mol. The molecule has 2 aliphatic rings. The molecule has 1 saturated heterocycles. The van der Waals surface area contributed by atoms with E-state index in [9.17, 15) is 9.59 Å². The Hall–Kier alpha value is -3.95. The van der Waals surface area contributed by atoms with E-state index in [4.69, 9.17) is 22.1 Å². The van der Waals surface area contributed by atoms with Crippen LogP contribution in [0.4, 0.5) is 11.4 Å². The average Bonchev–Trinajstić information content (AvgIpc) is 3.49. The number of thiocarbonyl (C=S) groups is 1. The van der Waals surface area contributed by atoms with E-state index in [0.717, 1.165) is 22.5 Å². The molecule has 1 unspecified atom stereocenters. The fourth-order valence-corrected chi connectivity index (χ4v) is 5.74. The molecule has 0 aromatic heterocycles. The topological polar surface area (TPSA) is 65.5 Å². The van der Waals surface area contributed by atoms with Crippen molar-refractivity contribution < 1.29 is 14.3 Å². The van der Waals surface area contributed by atoms with Gasteiger partial charge in [0.25, 0.3) is 5.91 Å². The first-order valence-electron chi connectivity index (χ1n) is 12.6. The highest BCUT2D eigenvalue weighted by molar-refractivity contribution is 8.27. The lowest BCUT2D eigenvalue weighted by Crippen LogP contribution is -2.28. The van der Waals surface area contributed by atoms with Crippen LogP contribution in [0, 0.1) is 0 Å². The number of hydrogen-bond donors (Lipinski definition) is 0. The highest BCUT2D eigenvalue weighted by atomic mass is 32.2. The predicted octanol–water partition coefficient (Wildman–Crippen LogP) is 5.99. The quantitative estimate of drug-likeness (QED) is 0.201. The number of esters is 1. The van der Waals surface area contributed by atoms with Crippen LogP contribution in [-0.4, -0.2) is 47.6 Å². The Bertz CT molecular complexity index is 1450. The van der Waals surface area contributed by atoms with Gasteiger partial charge < -0.3 is 9.64 Å². The number of carbonyl (C=O) groups is 2. The summed E-state index contributed by atoms with van der Waals surface area (Å²) >= 11 is 6.82. The van der Waals surface area contributed by atoms with Crippen LogP contribution in [0.1, 0.15) is 40.9 Å². The van der Waals surface area contributed by atoms with Gasteiger partial charge in [-0.05, 0) is 54.4 Å². The van der Waals surface area contributed by atoms with Gasteiger partial charge in [-0.1, -0.05) is 66.4 Å². The smallest absolute Gasteiger partial charge is 0.338 e. The lowest BCUT2D eigenvalue weighted by Gasteiger charge is -2.22. The Morgan fingerprint density at radius 1 is 1.08 bits per heavy atom. The normalized spacial score (nSPS) is 18.1. The minimum Gasteiger partial charge on any atom is -0.462 e. The van der Waals surface area contributed by atoms with Crippen LogP contribution < -0.4 is 9.80 Å². The molecule has 39 heavy (non-hydrogen) atoms. The maximum atomic E-state index is 13.5. The van der Waals surface area contributed by atoms with Crippen LogP contribution in [0.25, 0.3) is 0 Å². The Morgan fingerprint density at radius 3 is 2.41 bits per heavy atom. The van der Waals surface area contributed by atoms with Crippen molar-refractivity contribution in [3.8, 4) is 0 Å². The van der Waals surface area contributed by atoms with Gasteiger partial charge in [-0.2, -0.15) is 5.10 Å². The van der Waals surface area contributed by atoms with Gasteiger partial charge in [0.1, 0.15) is 0 Å². The predicted molar refractivity (Wildman–Crippen MR) is 161 cm³/mol. The van der Waals surface area contributed by atoms with E-state index in [1.807, 2.05) is 49.4 Å². The molecule has 5 rings (SSSR count). The number of thioether (sulfide) groups is 1. The summed E-state index contributed by atoms with van der Waals surface area (Å²) in [7, 11) is 4.03. The number of amides is 1. The van der Waals surface area contributed by atoms with Crippen molar-refractivity contribution >= 4 is 57.3 Å². The van der Waals surface area contributed by atoms with E-state index in [2.05, 4.69) is 29.2 Å². The van der Waals surface area contributed by atoms with Crippen molar-refractivity contribution in [1.29, 1.82) is 0 Å². The van der Waals surface area contributed by atoms with E-state index < -0.39 is 5.97 Å². The molecular weight excluding hydrogens is 528 g/mol. The molecule has 2 heterocycles. The van der Waals surface area contributed by atoms with Crippen LogP contribution in [-0.2, 0) is 9.53 Å². The van der Waals surface area contributed by atoms with Crippen molar-refractivity contribution in [2.75, 3.05) is 30.5 Å². The van der Waals surface area contributed by atoms with Gasteiger partial charge in [-0.15, -0.1) is 0 Å². The number of ether oxygens (including phenoxy) is 1. The maximum absolute atomic E-state index is 13.5. The average molecular weight is 557 g/mol. The van der Waals surface area contributed by atoms with Gasteiger partial charge >= 0.3 is 5.97 Å². The van der Waals surface area contributed by atoms with E-state index in [0.29, 0.717) is 33.5 Å². The van der Waals surface area contributed by atoms with Crippen molar-refractivity contribution in [3.63, 3.8) is 0 Å². The fraction of sp³-hybridized carbons (Fsp3) is 0.200. The number of rotatable bonds is 7. The second kappa shape index (κ2) is 11.4. The summed E-state index contributed by atoms with van der Waals surface area (Å²) in [6.07, 6.45) is 2.50. The summed E-state index contributed by atoms with van der Waals surface area (Å²) in [5.74, 6) is -0.626. The number of nitrogens with zero attached hydrogens (tertiary/aromatic N) is 4. The van der Waals surface area contributed by atoms with E-state index in [1.165, 1.54) is 16.7 Å². The molecule has 0 spiro atoms. The summed E-state index contributed by atoms with van der Waals surface area (Å²) in [5, 5.41) is 6.81. The molecule has 0 radical (unpaired) electrons. The van der Waals surface area contributed by atoms with Gasteiger partial charge in [0.15, 0.2) is 4.32 Å². The SMILES string of the molecule is CCOC(=O)c1ccc(N2C(=O)/C(=C/N3N=C(c4ccccc4)CC3c3ccc(N(C)C)cc3)SC2=S)cc1. The van der Waals surface area contributed by atoms with Crippen molar-refractivity contribution in [2.45, 2.75) is 19.4 Å². The molecule has 0 bridgehead atoms. The van der Waals surface area contributed by atoms with Crippen LogP contribution in [0.3, 0.4) is 0 Å². The first-order valence-corrected chi connectivity index (χ1v) is 13.8. The first kappa shape index (κ1) is 26.6. The zero-order valence-corrected chi connectivity index (χ0v) is 23.5. The Balaban J connectivity index is 1.44. The largest absolute Gasteiger partial charge is 0.462 e. The van der Waals surface area contributed by atoms with Gasteiger partial charge in [-0.25, -0.2) is 4.79 Å². The summed E-state index contributed by atoms with van der Waals surface area (Å²) in [5.41, 5.74) is 5.25. The molecule has 1 atom stereocenters. The van der Waals surface area contributed by atoms with Gasteiger partial charge in [0, 0.05) is 32.4 Å². The number of benzene rings is 3. The summed E-state index contributed by atoms with van der Waals surface area (Å²) < 4.78 is 5.48. The van der Waals surface area contributed by atoms with Crippen molar-refractivity contribution in [3.05, 3.63) is 107 Å². The van der Waals surface area contributed by atoms with Crippen molar-refractivity contribution in [1.82, 2.24) is 5.01 Å². The summed E-state index contributed by atoms with van der Waals surface area (Å²) in [6, 6.07) is 25.1. The Labute approximate surface area is 237 Å². The van der Waals surface area contributed by atoms with E-state index >= 15 is 0 Å². The summed E-state index contributed by atoms with van der Waals surface area (Å²) in [6.45, 7) is 2.06. The second-order valence-corrected chi connectivity index (χ2v) is 10.9. The Kier molecular flexibility index (Phi) is 7.81. The minimum atomic E-state index is -0.403. The number of anilines is 2. The molecule has 9 heteroatoms.